The Morgan fingerprint density at radius 2 is 1.86 bits per heavy atom. The summed E-state index contributed by atoms with van der Waals surface area (Å²) in [6.45, 7) is 5.65. The van der Waals surface area contributed by atoms with Gasteiger partial charge in [-0.3, -0.25) is 10.1 Å². The van der Waals surface area contributed by atoms with E-state index in [9.17, 15) is 14.9 Å². The average molecular weight is 285 g/mol. The van der Waals surface area contributed by atoms with Crippen molar-refractivity contribution in [2.24, 2.45) is 0 Å². The summed E-state index contributed by atoms with van der Waals surface area (Å²) in [7, 11) is 0. The van der Waals surface area contributed by atoms with E-state index in [1.807, 2.05) is 20.8 Å². The molecule has 1 aromatic carbocycles. The van der Waals surface area contributed by atoms with E-state index in [0.29, 0.717) is 16.9 Å². The fourth-order valence-corrected chi connectivity index (χ4v) is 2.09. The summed E-state index contributed by atoms with van der Waals surface area (Å²) in [6, 6.07) is 7.64. The molecule has 108 valence electrons. The van der Waals surface area contributed by atoms with E-state index >= 15 is 0 Å². The van der Waals surface area contributed by atoms with Gasteiger partial charge in [0.05, 0.1) is 10.5 Å². The molecule has 0 bridgehead atoms. The minimum absolute atomic E-state index is 0.0121. The Morgan fingerprint density at radius 3 is 2.33 bits per heavy atom. The normalized spacial score (nSPS) is 10.2. The van der Waals surface area contributed by atoms with E-state index in [1.165, 1.54) is 12.1 Å². The third-order valence-corrected chi connectivity index (χ3v) is 2.97. The molecule has 0 unspecified atom stereocenters. The fraction of sp³-hybridized carbons (Fsp3) is 0.188. The standard InChI is InChI=1S/C16H15NO4/c1-10(2)8-14-9-11(3)15(16(18)21-14)12-4-6-13(7-5-12)17(19)20/h4-9H,1-3H3. The summed E-state index contributed by atoms with van der Waals surface area (Å²) in [4.78, 5) is 22.3. The van der Waals surface area contributed by atoms with Crippen LogP contribution in [0.25, 0.3) is 17.2 Å². The Morgan fingerprint density at radius 1 is 1.24 bits per heavy atom. The van der Waals surface area contributed by atoms with E-state index in [0.717, 1.165) is 11.1 Å². The molecule has 0 N–H and O–H groups in total. The summed E-state index contributed by atoms with van der Waals surface area (Å²) >= 11 is 0. The van der Waals surface area contributed by atoms with Crippen LogP contribution in [-0.4, -0.2) is 4.92 Å². The highest BCUT2D eigenvalue weighted by Gasteiger charge is 2.12. The third kappa shape index (κ3) is 3.25. The zero-order valence-corrected chi connectivity index (χ0v) is 12.0. The molecule has 0 saturated carbocycles. The lowest BCUT2D eigenvalue weighted by molar-refractivity contribution is -0.384. The first-order chi connectivity index (χ1) is 9.88. The zero-order chi connectivity index (χ0) is 15.6. The SMILES string of the molecule is CC(C)=Cc1cc(C)c(-c2ccc([N+](=O)[O-])cc2)c(=O)o1. The number of hydrogen-bond acceptors (Lipinski definition) is 4. The lowest BCUT2D eigenvalue weighted by Crippen LogP contribution is -2.06. The van der Waals surface area contributed by atoms with E-state index in [-0.39, 0.29) is 5.69 Å². The van der Waals surface area contributed by atoms with Gasteiger partial charge >= 0.3 is 5.63 Å². The van der Waals surface area contributed by atoms with Crippen LogP contribution in [0.5, 0.6) is 0 Å². The average Bonchev–Trinajstić information content (AvgIpc) is 2.37. The number of aryl methyl sites for hydroxylation is 1. The highest BCUT2D eigenvalue weighted by atomic mass is 16.6. The minimum atomic E-state index is -0.475. The van der Waals surface area contributed by atoms with Crippen molar-refractivity contribution in [3.63, 3.8) is 0 Å². The van der Waals surface area contributed by atoms with Crippen molar-refractivity contribution in [3.05, 3.63) is 67.8 Å². The molecule has 5 heteroatoms. The van der Waals surface area contributed by atoms with Crippen LogP contribution < -0.4 is 5.63 Å². The molecule has 1 heterocycles. The third-order valence-electron chi connectivity index (χ3n) is 2.97. The largest absolute Gasteiger partial charge is 0.423 e. The fourth-order valence-electron chi connectivity index (χ4n) is 2.09. The molecule has 0 aliphatic carbocycles. The number of hydrogen-bond donors (Lipinski definition) is 0. The highest BCUT2D eigenvalue weighted by Crippen LogP contribution is 2.23. The van der Waals surface area contributed by atoms with Gasteiger partial charge in [0, 0.05) is 12.1 Å². The quantitative estimate of drug-likeness (QED) is 0.632. The van der Waals surface area contributed by atoms with Gasteiger partial charge in [-0.05, 0) is 56.2 Å². The van der Waals surface area contributed by atoms with Gasteiger partial charge in [-0.25, -0.2) is 4.79 Å². The summed E-state index contributed by atoms with van der Waals surface area (Å²) < 4.78 is 5.27. The number of benzene rings is 1. The Kier molecular flexibility index (Phi) is 4.03. The van der Waals surface area contributed by atoms with Crippen molar-refractivity contribution >= 4 is 11.8 Å². The Hall–Kier alpha value is -2.69. The van der Waals surface area contributed by atoms with E-state index < -0.39 is 10.5 Å². The second kappa shape index (κ2) is 5.75. The van der Waals surface area contributed by atoms with Crippen LogP contribution in [0.1, 0.15) is 25.2 Å². The lowest BCUT2D eigenvalue weighted by atomic mass is 10.0. The van der Waals surface area contributed by atoms with Gasteiger partial charge in [-0.1, -0.05) is 5.57 Å². The summed E-state index contributed by atoms with van der Waals surface area (Å²) in [6.07, 6.45) is 1.79. The number of nitro groups is 1. The van der Waals surface area contributed by atoms with E-state index in [4.69, 9.17) is 4.42 Å². The van der Waals surface area contributed by atoms with E-state index in [1.54, 1.807) is 24.3 Å². The monoisotopic (exact) mass is 285 g/mol. The summed E-state index contributed by atoms with van der Waals surface area (Å²) in [5, 5.41) is 10.6. The first-order valence-corrected chi connectivity index (χ1v) is 6.43. The maximum Gasteiger partial charge on any atom is 0.344 e. The number of nitrogens with zero attached hydrogens (tertiary/aromatic N) is 1. The van der Waals surface area contributed by atoms with Gasteiger partial charge in [0.15, 0.2) is 0 Å². The molecule has 2 aromatic rings. The number of nitro benzene ring substituents is 1. The van der Waals surface area contributed by atoms with Crippen molar-refractivity contribution in [2.45, 2.75) is 20.8 Å². The maximum atomic E-state index is 12.1. The Labute approximate surface area is 121 Å². The molecule has 0 amide bonds. The van der Waals surface area contributed by atoms with Crippen LogP contribution in [0, 0.1) is 17.0 Å². The van der Waals surface area contributed by atoms with Crippen LogP contribution in [-0.2, 0) is 0 Å². The highest BCUT2D eigenvalue weighted by molar-refractivity contribution is 5.67. The zero-order valence-electron chi connectivity index (χ0n) is 12.0. The molecule has 0 radical (unpaired) electrons. The van der Waals surface area contributed by atoms with Gasteiger partial charge in [0.25, 0.3) is 5.69 Å². The molecule has 21 heavy (non-hydrogen) atoms. The maximum absolute atomic E-state index is 12.1. The molecule has 0 saturated heterocycles. The molecule has 5 nitrogen and oxygen atoms in total. The van der Waals surface area contributed by atoms with Gasteiger partial charge in [0.1, 0.15) is 5.76 Å². The molecule has 1 aromatic heterocycles. The lowest BCUT2D eigenvalue weighted by Gasteiger charge is -2.05. The van der Waals surface area contributed by atoms with Crippen molar-refractivity contribution in [2.75, 3.05) is 0 Å². The molecular weight excluding hydrogens is 270 g/mol. The van der Waals surface area contributed by atoms with Crippen LogP contribution in [0.15, 0.2) is 45.1 Å². The first-order valence-electron chi connectivity index (χ1n) is 6.43. The van der Waals surface area contributed by atoms with Gasteiger partial charge in [0.2, 0.25) is 0 Å². The molecule has 0 spiro atoms. The van der Waals surface area contributed by atoms with Crippen molar-refractivity contribution in [1.29, 1.82) is 0 Å². The van der Waals surface area contributed by atoms with Gasteiger partial charge < -0.3 is 4.42 Å². The number of non-ortho nitro benzene ring substituents is 1. The van der Waals surface area contributed by atoms with Crippen LogP contribution in [0.4, 0.5) is 5.69 Å². The smallest absolute Gasteiger partial charge is 0.344 e. The molecule has 2 rings (SSSR count). The Balaban J connectivity index is 2.52. The van der Waals surface area contributed by atoms with Crippen molar-refractivity contribution in [3.8, 4) is 11.1 Å². The first kappa shape index (κ1) is 14.7. The molecule has 0 fully saturated rings. The second-order valence-corrected chi connectivity index (χ2v) is 5.02. The predicted molar refractivity (Wildman–Crippen MR) is 81.1 cm³/mol. The topological polar surface area (TPSA) is 73.3 Å². The Bertz CT molecular complexity index is 766. The van der Waals surface area contributed by atoms with Crippen LogP contribution >= 0.6 is 0 Å². The second-order valence-electron chi connectivity index (χ2n) is 5.02. The van der Waals surface area contributed by atoms with Crippen LogP contribution in [0.3, 0.4) is 0 Å². The number of rotatable bonds is 3. The van der Waals surface area contributed by atoms with E-state index in [2.05, 4.69) is 0 Å². The number of allylic oxidation sites excluding steroid dienone is 1. The molecule has 0 aliphatic heterocycles. The molecule has 0 atom stereocenters. The molecule has 0 aliphatic rings. The minimum Gasteiger partial charge on any atom is -0.423 e. The summed E-state index contributed by atoms with van der Waals surface area (Å²) in [5.74, 6) is 0.503. The predicted octanol–water partition coefficient (Wildman–Crippen LogP) is 3.95. The molecular formula is C16H15NO4. The van der Waals surface area contributed by atoms with Crippen molar-refractivity contribution < 1.29 is 9.34 Å². The van der Waals surface area contributed by atoms with Gasteiger partial charge in [-0.2, -0.15) is 0 Å². The summed E-state index contributed by atoms with van der Waals surface area (Å²) in [5.41, 5.74) is 2.37. The van der Waals surface area contributed by atoms with Crippen LogP contribution in [0.2, 0.25) is 0 Å². The van der Waals surface area contributed by atoms with Crippen molar-refractivity contribution in [1.82, 2.24) is 0 Å². The van der Waals surface area contributed by atoms with Gasteiger partial charge in [-0.15, -0.1) is 0 Å².